The van der Waals surface area contributed by atoms with Crippen LogP contribution in [0.25, 0.3) is 0 Å². The Morgan fingerprint density at radius 3 is 2.76 bits per heavy atom. The van der Waals surface area contributed by atoms with E-state index in [-0.39, 0.29) is 18.4 Å². The van der Waals surface area contributed by atoms with Gasteiger partial charge < -0.3 is 14.4 Å². The van der Waals surface area contributed by atoms with Gasteiger partial charge in [-0.1, -0.05) is 38.1 Å². The smallest absolute Gasteiger partial charge is 0.307 e. The second kappa shape index (κ2) is 5.95. The molecule has 0 aliphatic carbocycles. The van der Waals surface area contributed by atoms with Crippen LogP contribution < -0.4 is 4.74 Å². The molecule has 6 nitrogen and oxygen atoms in total. The van der Waals surface area contributed by atoms with Gasteiger partial charge in [0.05, 0.1) is 6.42 Å². The third-order valence-corrected chi connectivity index (χ3v) is 2.76. The maximum atomic E-state index is 10.7. The third kappa shape index (κ3) is 4.30. The van der Waals surface area contributed by atoms with Crippen LogP contribution in [0, 0.1) is 0 Å². The molecule has 1 heterocycles. The number of ether oxygens (including phenoxy) is 1. The normalized spacial score (nSPS) is 11.4. The first-order valence-corrected chi connectivity index (χ1v) is 6.61. The van der Waals surface area contributed by atoms with Crippen LogP contribution in [-0.2, 0) is 23.2 Å². The highest BCUT2D eigenvalue weighted by molar-refractivity contribution is 5.70. The Morgan fingerprint density at radius 2 is 2.14 bits per heavy atom. The summed E-state index contributed by atoms with van der Waals surface area (Å²) in [4.78, 5) is 15.0. The first-order valence-electron chi connectivity index (χ1n) is 6.61. The molecule has 0 radical (unpaired) electrons. The Bertz CT molecular complexity index is 629. The van der Waals surface area contributed by atoms with Gasteiger partial charge in [0.2, 0.25) is 0 Å². The van der Waals surface area contributed by atoms with Gasteiger partial charge in [0.15, 0.2) is 12.4 Å². The molecule has 0 unspecified atom stereocenters. The van der Waals surface area contributed by atoms with Gasteiger partial charge in [0, 0.05) is 5.41 Å². The van der Waals surface area contributed by atoms with Crippen molar-refractivity contribution in [3.05, 3.63) is 41.5 Å². The SMILES string of the molecule is CC(C)(C)c1noc(COc2cccc(CC(=O)O)c2)n1. The van der Waals surface area contributed by atoms with Crippen LogP contribution in [0.3, 0.4) is 0 Å². The number of rotatable bonds is 5. The molecule has 2 rings (SSSR count). The van der Waals surface area contributed by atoms with E-state index in [0.717, 1.165) is 0 Å². The summed E-state index contributed by atoms with van der Waals surface area (Å²) < 4.78 is 10.7. The molecule has 0 saturated carbocycles. The second-order valence-electron chi connectivity index (χ2n) is 5.77. The molecule has 1 N–H and O–H groups in total. The van der Waals surface area contributed by atoms with Gasteiger partial charge in [-0.25, -0.2) is 0 Å². The summed E-state index contributed by atoms with van der Waals surface area (Å²) in [6.45, 7) is 6.15. The van der Waals surface area contributed by atoms with Crippen molar-refractivity contribution in [3.63, 3.8) is 0 Å². The van der Waals surface area contributed by atoms with Gasteiger partial charge in [-0.3, -0.25) is 4.79 Å². The number of aromatic nitrogens is 2. The van der Waals surface area contributed by atoms with E-state index >= 15 is 0 Å². The number of hydrogen-bond donors (Lipinski definition) is 1. The number of carboxylic acid groups (broad SMARTS) is 1. The molecular formula is C15H18N2O4. The Labute approximate surface area is 122 Å². The summed E-state index contributed by atoms with van der Waals surface area (Å²) in [5.74, 6) is 0.715. The average Bonchev–Trinajstić information content (AvgIpc) is 2.84. The summed E-state index contributed by atoms with van der Waals surface area (Å²) in [6.07, 6.45) is -0.0358. The van der Waals surface area contributed by atoms with E-state index < -0.39 is 5.97 Å². The van der Waals surface area contributed by atoms with Crippen LogP contribution in [0.15, 0.2) is 28.8 Å². The summed E-state index contributed by atoms with van der Waals surface area (Å²) in [5.41, 5.74) is 0.504. The minimum absolute atomic E-state index is 0.0358. The van der Waals surface area contributed by atoms with Crippen LogP contribution in [0.4, 0.5) is 0 Å². The molecule has 112 valence electrons. The van der Waals surface area contributed by atoms with E-state index in [1.165, 1.54) is 0 Å². The summed E-state index contributed by atoms with van der Waals surface area (Å²) in [7, 11) is 0. The van der Waals surface area contributed by atoms with E-state index in [0.29, 0.717) is 23.0 Å². The quantitative estimate of drug-likeness (QED) is 0.910. The Kier molecular flexibility index (Phi) is 4.26. The summed E-state index contributed by atoms with van der Waals surface area (Å²) in [5, 5.41) is 12.7. The van der Waals surface area contributed by atoms with E-state index in [4.69, 9.17) is 14.4 Å². The molecule has 6 heteroatoms. The molecule has 0 bridgehead atoms. The zero-order valence-electron chi connectivity index (χ0n) is 12.3. The molecule has 0 atom stereocenters. The van der Waals surface area contributed by atoms with E-state index in [2.05, 4.69) is 10.1 Å². The van der Waals surface area contributed by atoms with Crippen LogP contribution in [-0.4, -0.2) is 21.2 Å². The fourth-order valence-electron chi connectivity index (χ4n) is 1.68. The van der Waals surface area contributed by atoms with E-state index in [1.54, 1.807) is 24.3 Å². The second-order valence-corrected chi connectivity index (χ2v) is 5.77. The Balaban J connectivity index is 2.00. The number of hydrogen-bond acceptors (Lipinski definition) is 5. The van der Waals surface area contributed by atoms with Gasteiger partial charge in [-0.2, -0.15) is 4.98 Å². The Morgan fingerprint density at radius 1 is 1.38 bits per heavy atom. The van der Waals surface area contributed by atoms with Gasteiger partial charge in [-0.15, -0.1) is 0 Å². The number of carbonyl (C=O) groups is 1. The standard InChI is InChI=1S/C15H18N2O4/c1-15(2,3)14-16-12(21-17-14)9-20-11-6-4-5-10(7-11)8-13(18)19/h4-7H,8-9H2,1-3H3,(H,18,19). The number of carboxylic acids is 1. The van der Waals surface area contributed by atoms with Gasteiger partial charge in [-0.05, 0) is 17.7 Å². The third-order valence-electron chi connectivity index (χ3n) is 2.76. The molecule has 0 spiro atoms. The molecule has 0 fully saturated rings. The van der Waals surface area contributed by atoms with Crippen molar-refractivity contribution in [1.82, 2.24) is 10.1 Å². The molecule has 0 aliphatic rings. The Hall–Kier alpha value is -2.37. The van der Waals surface area contributed by atoms with Crippen LogP contribution in [0.2, 0.25) is 0 Å². The van der Waals surface area contributed by atoms with Crippen molar-refractivity contribution in [3.8, 4) is 5.75 Å². The molecule has 2 aromatic rings. The van der Waals surface area contributed by atoms with E-state index in [9.17, 15) is 4.79 Å². The number of aliphatic carboxylic acids is 1. The summed E-state index contributed by atoms with van der Waals surface area (Å²) in [6, 6.07) is 6.94. The lowest BCUT2D eigenvalue weighted by Crippen LogP contribution is -2.13. The minimum Gasteiger partial charge on any atom is -0.484 e. The predicted molar refractivity (Wildman–Crippen MR) is 75.1 cm³/mol. The predicted octanol–water partition coefficient (Wildman–Crippen LogP) is 2.57. The monoisotopic (exact) mass is 290 g/mol. The fraction of sp³-hybridized carbons (Fsp3) is 0.400. The highest BCUT2D eigenvalue weighted by Crippen LogP contribution is 2.19. The molecule has 21 heavy (non-hydrogen) atoms. The van der Waals surface area contributed by atoms with Crippen LogP contribution in [0.5, 0.6) is 5.75 Å². The van der Waals surface area contributed by atoms with Crippen LogP contribution >= 0.6 is 0 Å². The molecule has 1 aromatic heterocycles. The maximum absolute atomic E-state index is 10.7. The van der Waals surface area contributed by atoms with E-state index in [1.807, 2.05) is 20.8 Å². The van der Waals surface area contributed by atoms with Gasteiger partial charge in [0.1, 0.15) is 5.75 Å². The largest absolute Gasteiger partial charge is 0.484 e. The number of nitrogens with zero attached hydrogens (tertiary/aromatic N) is 2. The van der Waals surface area contributed by atoms with Crippen molar-refractivity contribution in [1.29, 1.82) is 0 Å². The maximum Gasteiger partial charge on any atom is 0.307 e. The van der Waals surface area contributed by atoms with Crippen molar-refractivity contribution in [2.75, 3.05) is 0 Å². The molecule has 1 aromatic carbocycles. The molecular weight excluding hydrogens is 272 g/mol. The highest BCUT2D eigenvalue weighted by Gasteiger charge is 2.21. The lowest BCUT2D eigenvalue weighted by molar-refractivity contribution is -0.136. The van der Waals surface area contributed by atoms with Crippen LogP contribution in [0.1, 0.15) is 38.0 Å². The zero-order chi connectivity index (χ0) is 15.5. The first kappa shape index (κ1) is 15.0. The molecule has 0 saturated heterocycles. The topological polar surface area (TPSA) is 85.5 Å². The minimum atomic E-state index is -0.876. The van der Waals surface area contributed by atoms with Crippen molar-refractivity contribution in [2.24, 2.45) is 0 Å². The van der Waals surface area contributed by atoms with Crippen molar-refractivity contribution in [2.45, 2.75) is 39.2 Å². The first-order chi connectivity index (χ1) is 9.84. The van der Waals surface area contributed by atoms with Crippen molar-refractivity contribution < 1.29 is 19.2 Å². The van der Waals surface area contributed by atoms with Gasteiger partial charge in [0.25, 0.3) is 5.89 Å². The average molecular weight is 290 g/mol. The lowest BCUT2D eigenvalue weighted by Gasteiger charge is -2.10. The molecule has 0 amide bonds. The van der Waals surface area contributed by atoms with Gasteiger partial charge >= 0.3 is 5.97 Å². The number of benzene rings is 1. The zero-order valence-corrected chi connectivity index (χ0v) is 12.3. The molecule has 0 aliphatic heterocycles. The highest BCUT2D eigenvalue weighted by atomic mass is 16.5. The fourth-order valence-corrected chi connectivity index (χ4v) is 1.68. The van der Waals surface area contributed by atoms with Crippen molar-refractivity contribution >= 4 is 5.97 Å². The summed E-state index contributed by atoms with van der Waals surface area (Å²) >= 11 is 0. The lowest BCUT2D eigenvalue weighted by atomic mass is 9.96.